The van der Waals surface area contributed by atoms with Crippen molar-refractivity contribution in [2.24, 2.45) is 0 Å². The zero-order valence-electron chi connectivity index (χ0n) is 8.95. The highest BCUT2D eigenvalue weighted by Crippen LogP contribution is 2.30. The minimum atomic E-state index is 0.322. The summed E-state index contributed by atoms with van der Waals surface area (Å²) in [5.41, 5.74) is 2.64. The van der Waals surface area contributed by atoms with Gasteiger partial charge in [0.25, 0.3) is 0 Å². The van der Waals surface area contributed by atoms with Crippen molar-refractivity contribution in [2.75, 3.05) is 0 Å². The van der Waals surface area contributed by atoms with E-state index < -0.39 is 0 Å². The summed E-state index contributed by atoms with van der Waals surface area (Å²) in [6, 6.07) is 8.86. The van der Waals surface area contributed by atoms with Gasteiger partial charge in [0, 0.05) is 12.4 Å². The Labute approximate surface area is 95.7 Å². The highest BCUT2D eigenvalue weighted by molar-refractivity contribution is 5.58. The van der Waals surface area contributed by atoms with Crippen LogP contribution in [0.2, 0.25) is 0 Å². The van der Waals surface area contributed by atoms with Crippen LogP contribution in [-0.2, 0) is 0 Å². The molecule has 1 nitrogen and oxygen atoms in total. The second kappa shape index (κ2) is 3.86. The van der Waals surface area contributed by atoms with E-state index in [0.29, 0.717) is 6.04 Å². The molecule has 1 atom stereocenters. The van der Waals surface area contributed by atoms with Crippen LogP contribution in [0.1, 0.15) is 17.2 Å². The molecule has 0 saturated heterocycles. The summed E-state index contributed by atoms with van der Waals surface area (Å²) in [5.74, 6) is 0. The molecule has 0 radical (unpaired) electrons. The first-order valence-corrected chi connectivity index (χ1v) is 5.51. The second-order valence-corrected chi connectivity index (χ2v) is 3.95. The molecule has 1 unspecified atom stereocenters. The van der Waals surface area contributed by atoms with E-state index in [9.17, 15) is 0 Å². The summed E-state index contributed by atoms with van der Waals surface area (Å²) < 4.78 is 0. The van der Waals surface area contributed by atoms with Gasteiger partial charge in [0.1, 0.15) is 0 Å². The molecule has 0 bridgehead atoms. The average Bonchev–Trinajstić information content (AvgIpc) is 2.33. The quantitative estimate of drug-likeness (QED) is 0.627. The number of hydrogen-bond acceptors (Lipinski definition) is 1. The van der Waals surface area contributed by atoms with Crippen LogP contribution in [0.4, 0.5) is 0 Å². The smallest absolute Gasteiger partial charge is 0.0772 e. The Morgan fingerprint density at radius 3 is 2.62 bits per heavy atom. The molecule has 16 heavy (non-hydrogen) atoms. The van der Waals surface area contributed by atoms with Gasteiger partial charge >= 0.3 is 0 Å². The van der Waals surface area contributed by atoms with E-state index in [4.69, 9.17) is 0 Å². The third-order valence-corrected chi connectivity index (χ3v) is 2.94. The standard InChI is InChI=1S/C15H13N/c1-2-9-14-13(7-1)8-3-5-11-16-12-6-4-10-15(14)16/h1-12,15H/b8-3-,11-5-. The Hall–Kier alpha value is -2.02. The lowest BCUT2D eigenvalue weighted by Crippen LogP contribution is -2.19. The third kappa shape index (κ3) is 1.50. The lowest BCUT2D eigenvalue weighted by molar-refractivity contribution is 0.433. The molecule has 2 heterocycles. The zero-order chi connectivity index (χ0) is 10.8. The number of fused-ring (bicyclic) bond motifs is 3. The van der Waals surface area contributed by atoms with Gasteiger partial charge in [-0.25, -0.2) is 0 Å². The number of nitrogens with zero attached hydrogens (tertiary/aromatic N) is 1. The zero-order valence-corrected chi connectivity index (χ0v) is 8.95. The molecule has 1 heteroatoms. The van der Waals surface area contributed by atoms with Gasteiger partial charge in [-0.2, -0.15) is 0 Å². The summed E-state index contributed by atoms with van der Waals surface area (Å²) in [5, 5.41) is 0. The molecule has 2 aliphatic heterocycles. The fourth-order valence-electron chi connectivity index (χ4n) is 2.16. The van der Waals surface area contributed by atoms with Gasteiger partial charge in [0.2, 0.25) is 0 Å². The van der Waals surface area contributed by atoms with Gasteiger partial charge in [-0.05, 0) is 23.3 Å². The monoisotopic (exact) mass is 207 g/mol. The van der Waals surface area contributed by atoms with Crippen LogP contribution in [0.3, 0.4) is 0 Å². The maximum atomic E-state index is 2.22. The number of rotatable bonds is 0. The first kappa shape index (κ1) is 9.22. The van der Waals surface area contributed by atoms with Gasteiger partial charge in [0.15, 0.2) is 0 Å². The lowest BCUT2D eigenvalue weighted by Gasteiger charge is -2.29. The molecule has 0 aromatic heterocycles. The summed E-state index contributed by atoms with van der Waals surface area (Å²) in [6.45, 7) is 0. The van der Waals surface area contributed by atoms with Crippen LogP contribution in [0.5, 0.6) is 0 Å². The summed E-state index contributed by atoms with van der Waals surface area (Å²) in [4.78, 5) is 2.22. The van der Waals surface area contributed by atoms with Gasteiger partial charge in [-0.1, -0.05) is 48.6 Å². The highest BCUT2D eigenvalue weighted by Gasteiger charge is 2.17. The molecule has 0 amide bonds. The maximum absolute atomic E-state index is 2.22. The lowest BCUT2D eigenvalue weighted by atomic mass is 9.96. The Balaban J connectivity index is 2.16. The molecular weight excluding hydrogens is 194 g/mol. The first-order chi connectivity index (χ1) is 7.95. The minimum absolute atomic E-state index is 0.322. The maximum Gasteiger partial charge on any atom is 0.0772 e. The molecule has 0 aliphatic carbocycles. The van der Waals surface area contributed by atoms with E-state index in [2.05, 4.69) is 78.0 Å². The van der Waals surface area contributed by atoms with E-state index in [-0.39, 0.29) is 0 Å². The van der Waals surface area contributed by atoms with Gasteiger partial charge in [-0.15, -0.1) is 0 Å². The summed E-state index contributed by atoms with van der Waals surface area (Å²) in [6.07, 6.45) is 16.9. The molecule has 0 saturated carbocycles. The van der Waals surface area contributed by atoms with Crippen molar-refractivity contribution in [3.8, 4) is 0 Å². The molecule has 78 valence electrons. The highest BCUT2D eigenvalue weighted by atomic mass is 15.1. The van der Waals surface area contributed by atoms with Crippen LogP contribution in [0.15, 0.2) is 67.0 Å². The molecule has 1 aromatic rings. The van der Waals surface area contributed by atoms with Crippen molar-refractivity contribution < 1.29 is 0 Å². The van der Waals surface area contributed by atoms with E-state index in [0.717, 1.165) is 0 Å². The second-order valence-electron chi connectivity index (χ2n) is 3.95. The average molecular weight is 207 g/mol. The topological polar surface area (TPSA) is 3.24 Å². The normalized spacial score (nSPS) is 25.2. The van der Waals surface area contributed by atoms with Crippen LogP contribution < -0.4 is 0 Å². The van der Waals surface area contributed by atoms with Crippen LogP contribution in [-0.4, -0.2) is 4.90 Å². The summed E-state index contributed by atoms with van der Waals surface area (Å²) in [7, 11) is 0. The molecule has 0 spiro atoms. The molecule has 0 fully saturated rings. The molecule has 1 aromatic carbocycles. The Bertz CT molecular complexity index is 506. The minimum Gasteiger partial charge on any atom is -0.343 e. The fraction of sp³-hybridized carbons (Fsp3) is 0.0667. The SMILES string of the molecule is C1=CC2c3ccccc3/C=C\C=C/N2C=C1. The van der Waals surface area contributed by atoms with E-state index >= 15 is 0 Å². The van der Waals surface area contributed by atoms with Crippen molar-refractivity contribution in [1.29, 1.82) is 0 Å². The number of allylic oxidation sites excluding steroid dienone is 4. The molecule has 2 aliphatic rings. The van der Waals surface area contributed by atoms with Crippen molar-refractivity contribution in [3.63, 3.8) is 0 Å². The van der Waals surface area contributed by atoms with Crippen LogP contribution in [0.25, 0.3) is 6.08 Å². The Morgan fingerprint density at radius 2 is 1.69 bits per heavy atom. The predicted octanol–water partition coefficient (Wildman–Crippen LogP) is 3.65. The van der Waals surface area contributed by atoms with E-state index in [1.807, 2.05) is 0 Å². The predicted molar refractivity (Wildman–Crippen MR) is 67.5 cm³/mol. The van der Waals surface area contributed by atoms with E-state index in [1.165, 1.54) is 11.1 Å². The first-order valence-electron chi connectivity index (χ1n) is 5.51. The van der Waals surface area contributed by atoms with E-state index in [1.54, 1.807) is 0 Å². The van der Waals surface area contributed by atoms with Gasteiger partial charge in [0.05, 0.1) is 6.04 Å². The van der Waals surface area contributed by atoms with Crippen LogP contribution >= 0.6 is 0 Å². The van der Waals surface area contributed by atoms with Crippen molar-refractivity contribution in [2.45, 2.75) is 6.04 Å². The number of hydrogen-bond donors (Lipinski definition) is 0. The van der Waals surface area contributed by atoms with Gasteiger partial charge < -0.3 is 4.90 Å². The molecular formula is C15H13N. The summed E-state index contributed by atoms with van der Waals surface area (Å²) >= 11 is 0. The van der Waals surface area contributed by atoms with Crippen molar-refractivity contribution in [3.05, 3.63) is 78.2 Å². The Kier molecular flexibility index (Phi) is 2.22. The fourth-order valence-corrected chi connectivity index (χ4v) is 2.16. The Morgan fingerprint density at radius 1 is 0.875 bits per heavy atom. The molecule has 3 rings (SSSR count). The van der Waals surface area contributed by atoms with Crippen molar-refractivity contribution in [1.82, 2.24) is 4.90 Å². The van der Waals surface area contributed by atoms with Crippen LogP contribution in [0, 0.1) is 0 Å². The third-order valence-electron chi connectivity index (χ3n) is 2.94. The van der Waals surface area contributed by atoms with Crippen molar-refractivity contribution >= 4 is 6.08 Å². The molecule has 0 N–H and O–H groups in total. The number of benzene rings is 1. The van der Waals surface area contributed by atoms with Gasteiger partial charge in [-0.3, -0.25) is 0 Å². The largest absolute Gasteiger partial charge is 0.343 e.